The van der Waals surface area contributed by atoms with Crippen molar-refractivity contribution in [3.05, 3.63) is 29.8 Å². The second-order valence-electron chi connectivity index (χ2n) is 7.23. The first kappa shape index (κ1) is 20.6. The van der Waals surface area contributed by atoms with E-state index in [1.165, 1.54) is 13.3 Å². The molecule has 2 aliphatic rings. The third kappa shape index (κ3) is 5.94. The van der Waals surface area contributed by atoms with Crippen molar-refractivity contribution >= 4 is 5.69 Å². The minimum Gasteiger partial charge on any atom is -0.481 e. The highest BCUT2D eigenvalue weighted by Gasteiger charge is 2.28. The van der Waals surface area contributed by atoms with Crippen LogP contribution in [0.3, 0.4) is 0 Å². The molecule has 1 saturated heterocycles. The molecule has 28 heavy (non-hydrogen) atoms. The van der Waals surface area contributed by atoms with Gasteiger partial charge in [-0.25, -0.2) is 4.98 Å². The Hall–Kier alpha value is -2.12. The van der Waals surface area contributed by atoms with E-state index in [0.717, 1.165) is 44.5 Å². The van der Waals surface area contributed by atoms with Crippen LogP contribution >= 0.6 is 0 Å². The zero-order chi connectivity index (χ0) is 20.0. The number of allylic oxidation sites excluding steroid dienone is 1. The van der Waals surface area contributed by atoms with Gasteiger partial charge in [0, 0.05) is 37.5 Å². The van der Waals surface area contributed by atoms with Crippen LogP contribution in [0.5, 0.6) is 5.88 Å². The molecule has 0 aliphatic carbocycles. The number of halogens is 3. The van der Waals surface area contributed by atoms with Crippen LogP contribution in [0.25, 0.3) is 0 Å². The number of nitrogens with zero attached hydrogens (tertiary/aromatic N) is 2. The lowest BCUT2D eigenvalue weighted by atomic mass is 9.96. The molecular weight excluding hydrogens is 373 g/mol. The smallest absolute Gasteiger partial charge is 0.389 e. The Morgan fingerprint density at radius 2 is 2.07 bits per heavy atom. The Labute approximate surface area is 163 Å². The number of hydrogen-bond donors (Lipinski definition) is 0. The second-order valence-corrected chi connectivity index (χ2v) is 7.23. The molecule has 0 bridgehead atoms. The van der Waals surface area contributed by atoms with Gasteiger partial charge in [-0.3, -0.25) is 0 Å². The lowest BCUT2D eigenvalue weighted by Crippen LogP contribution is -2.36. The summed E-state index contributed by atoms with van der Waals surface area (Å²) in [6.45, 7) is 2.84. The monoisotopic (exact) mass is 400 g/mol. The number of methoxy groups -OCH3 is 1. The van der Waals surface area contributed by atoms with E-state index in [-0.39, 0.29) is 6.42 Å². The largest absolute Gasteiger partial charge is 0.481 e. The van der Waals surface area contributed by atoms with Gasteiger partial charge in [0.1, 0.15) is 0 Å². The first-order valence-corrected chi connectivity index (χ1v) is 9.75. The van der Waals surface area contributed by atoms with E-state index in [0.29, 0.717) is 36.5 Å². The molecule has 0 radical (unpaired) electrons. The third-order valence-corrected chi connectivity index (χ3v) is 5.14. The van der Waals surface area contributed by atoms with Crippen molar-refractivity contribution in [2.24, 2.45) is 5.92 Å². The SMILES string of the molecule is COc1cc(N2CCC(COC3=CCCCO3)CC2)c(CCC(F)(F)F)cn1. The van der Waals surface area contributed by atoms with Crippen molar-refractivity contribution in [2.75, 3.05) is 38.3 Å². The van der Waals surface area contributed by atoms with E-state index in [9.17, 15) is 13.2 Å². The Morgan fingerprint density at radius 3 is 2.71 bits per heavy atom. The van der Waals surface area contributed by atoms with E-state index in [4.69, 9.17) is 14.2 Å². The average molecular weight is 400 g/mol. The van der Waals surface area contributed by atoms with Crippen LogP contribution < -0.4 is 9.64 Å². The van der Waals surface area contributed by atoms with Gasteiger partial charge >= 0.3 is 6.18 Å². The Balaban J connectivity index is 1.58. The fourth-order valence-electron chi connectivity index (χ4n) is 3.51. The van der Waals surface area contributed by atoms with Gasteiger partial charge in [-0.2, -0.15) is 13.2 Å². The van der Waals surface area contributed by atoms with Gasteiger partial charge < -0.3 is 19.1 Å². The number of hydrogen-bond acceptors (Lipinski definition) is 5. The maximum atomic E-state index is 12.7. The molecule has 5 nitrogen and oxygen atoms in total. The van der Waals surface area contributed by atoms with Gasteiger partial charge in [-0.15, -0.1) is 0 Å². The van der Waals surface area contributed by atoms with Crippen LogP contribution in [0.4, 0.5) is 18.9 Å². The van der Waals surface area contributed by atoms with E-state index in [1.54, 1.807) is 6.07 Å². The van der Waals surface area contributed by atoms with Gasteiger partial charge in [0.2, 0.25) is 5.88 Å². The van der Waals surface area contributed by atoms with Crippen molar-refractivity contribution in [2.45, 2.75) is 44.7 Å². The number of piperidine rings is 1. The van der Waals surface area contributed by atoms with Crippen LogP contribution in [0.2, 0.25) is 0 Å². The highest BCUT2D eigenvalue weighted by atomic mass is 19.4. The van der Waals surface area contributed by atoms with Crippen molar-refractivity contribution in [3.8, 4) is 5.88 Å². The summed E-state index contributed by atoms with van der Waals surface area (Å²) in [7, 11) is 1.51. The Morgan fingerprint density at radius 1 is 1.29 bits per heavy atom. The van der Waals surface area contributed by atoms with Gasteiger partial charge in [0.25, 0.3) is 5.95 Å². The Bertz CT molecular complexity index is 671. The molecule has 0 N–H and O–H groups in total. The zero-order valence-corrected chi connectivity index (χ0v) is 16.1. The van der Waals surface area contributed by atoms with Crippen molar-refractivity contribution in [3.63, 3.8) is 0 Å². The minimum absolute atomic E-state index is 0.0790. The molecule has 3 heterocycles. The summed E-state index contributed by atoms with van der Waals surface area (Å²) >= 11 is 0. The standard InChI is InChI=1S/C20H27F3N2O3/c1-26-18-12-17(16(13-24-18)5-8-20(21,22)23)25-9-6-15(7-10-25)14-28-19-4-2-3-11-27-19/h4,12-13,15H,2-3,5-11,14H2,1H3. The molecule has 0 amide bonds. The van der Waals surface area contributed by atoms with Crippen molar-refractivity contribution in [1.29, 1.82) is 0 Å². The lowest BCUT2D eigenvalue weighted by Gasteiger charge is -2.35. The molecule has 3 rings (SSSR count). The second kappa shape index (κ2) is 9.39. The highest BCUT2D eigenvalue weighted by molar-refractivity contribution is 5.55. The summed E-state index contributed by atoms with van der Waals surface area (Å²) in [6, 6.07) is 1.74. The zero-order valence-electron chi connectivity index (χ0n) is 16.1. The third-order valence-electron chi connectivity index (χ3n) is 5.14. The molecule has 156 valence electrons. The van der Waals surface area contributed by atoms with Crippen LogP contribution in [0.15, 0.2) is 24.3 Å². The van der Waals surface area contributed by atoms with Gasteiger partial charge in [-0.1, -0.05) is 0 Å². The number of alkyl halides is 3. The minimum atomic E-state index is -4.18. The molecule has 8 heteroatoms. The number of aryl methyl sites for hydroxylation is 1. The van der Waals surface area contributed by atoms with Gasteiger partial charge in [0.05, 0.1) is 20.3 Å². The van der Waals surface area contributed by atoms with Gasteiger partial charge in [0.15, 0.2) is 0 Å². The summed E-state index contributed by atoms with van der Waals surface area (Å²) in [5, 5.41) is 0. The molecule has 2 aliphatic heterocycles. The van der Waals surface area contributed by atoms with E-state index >= 15 is 0 Å². The first-order valence-electron chi connectivity index (χ1n) is 9.75. The lowest BCUT2D eigenvalue weighted by molar-refractivity contribution is -0.133. The average Bonchev–Trinajstić information content (AvgIpc) is 2.71. The number of anilines is 1. The van der Waals surface area contributed by atoms with E-state index in [1.807, 2.05) is 6.08 Å². The van der Waals surface area contributed by atoms with Crippen molar-refractivity contribution < 1.29 is 27.4 Å². The van der Waals surface area contributed by atoms with Gasteiger partial charge in [-0.05, 0) is 49.7 Å². The molecule has 1 aromatic heterocycles. The Kier molecular flexibility index (Phi) is 6.91. The molecule has 0 aromatic carbocycles. The maximum absolute atomic E-state index is 12.7. The quantitative estimate of drug-likeness (QED) is 0.676. The van der Waals surface area contributed by atoms with E-state index in [2.05, 4.69) is 9.88 Å². The van der Waals surface area contributed by atoms with Crippen LogP contribution in [0.1, 0.15) is 37.7 Å². The van der Waals surface area contributed by atoms with Crippen LogP contribution in [0, 0.1) is 5.92 Å². The van der Waals surface area contributed by atoms with Crippen LogP contribution in [-0.2, 0) is 15.9 Å². The van der Waals surface area contributed by atoms with Crippen molar-refractivity contribution in [1.82, 2.24) is 4.98 Å². The summed E-state index contributed by atoms with van der Waals surface area (Å²) in [5.74, 6) is 1.45. The summed E-state index contributed by atoms with van der Waals surface area (Å²) in [4.78, 5) is 6.22. The predicted octanol–water partition coefficient (Wildman–Crippen LogP) is 4.47. The fourth-order valence-corrected chi connectivity index (χ4v) is 3.51. The summed E-state index contributed by atoms with van der Waals surface area (Å²) in [5.41, 5.74) is 1.39. The highest BCUT2D eigenvalue weighted by Crippen LogP contribution is 2.32. The summed E-state index contributed by atoms with van der Waals surface area (Å²) in [6.07, 6.45) is 2.20. The normalized spacial score (nSPS) is 18.4. The molecular formula is C20H27F3N2O3. The topological polar surface area (TPSA) is 43.8 Å². The summed E-state index contributed by atoms with van der Waals surface area (Å²) < 4.78 is 54.4. The van der Waals surface area contributed by atoms with E-state index < -0.39 is 12.6 Å². The molecule has 0 atom stereocenters. The molecule has 0 saturated carbocycles. The number of pyridine rings is 1. The maximum Gasteiger partial charge on any atom is 0.389 e. The molecule has 0 spiro atoms. The molecule has 1 fully saturated rings. The number of ether oxygens (including phenoxy) is 3. The number of rotatable bonds is 7. The first-order chi connectivity index (χ1) is 13.4. The van der Waals surface area contributed by atoms with Crippen LogP contribution in [-0.4, -0.2) is 44.6 Å². The predicted molar refractivity (Wildman–Crippen MR) is 99.3 cm³/mol. The fraction of sp³-hybridized carbons (Fsp3) is 0.650. The molecule has 1 aromatic rings. The number of aromatic nitrogens is 1. The molecule has 0 unspecified atom stereocenters.